The molecule has 1 N–H and O–H groups in total. The van der Waals surface area contributed by atoms with Gasteiger partial charge in [0, 0.05) is 10.1 Å². The van der Waals surface area contributed by atoms with Crippen LogP contribution in [-0.4, -0.2) is 17.0 Å². The standard InChI is InChI=1S/C9H10OS.C6H6O/c1-7-6-10-8-4-2-3-5-9(8)11-7;7-6-4-2-1-3-5-6/h2-5,7H,6H2,1H3;1-5,7H. The Balaban J connectivity index is 0.000000149. The fraction of sp³-hybridized carbons (Fsp3) is 0.200. The van der Waals surface area contributed by atoms with E-state index in [9.17, 15) is 0 Å². The summed E-state index contributed by atoms with van der Waals surface area (Å²) >= 11 is 1.89. The normalized spacial score (nSPS) is 16.8. The molecule has 0 fully saturated rings. The van der Waals surface area contributed by atoms with E-state index in [1.807, 2.05) is 36.0 Å². The van der Waals surface area contributed by atoms with Gasteiger partial charge in [0.15, 0.2) is 0 Å². The first-order chi connectivity index (χ1) is 8.75. The van der Waals surface area contributed by atoms with Crippen molar-refractivity contribution in [1.29, 1.82) is 0 Å². The number of phenols is 1. The molecule has 3 rings (SSSR count). The van der Waals surface area contributed by atoms with Crippen molar-refractivity contribution in [2.75, 3.05) is 6.61 Å². The summed E-state index contributed by atoms with van der Waals surface area (Å²) in [6.45, 7) is 3.02. The third-order valence-electron chi connectivity index (χ3n) is 2.41. The van der Waals surface area contributed by atoms with Crippen LogP contribution in [-0.2, 0) is 0 Å². The Kier molecular flexibility index (Phi) is 4.53. The molecule has 0 saturated heterocycles. The molecule has 1 aliphatic rings. The first-order valence-electron chi connectivity index (χ1n) is 5.88. The van der Waals surface area contributed by atoms with Gasteiger partial charge in [-0.25, -0.2) is 0 Å². The van der Waals surface area contributed by atoms with E-state index in [0.29, 0.717) is 11.0 Å². The van der Waals surface area contributed by atoms with Crippen LogP contribution in [0.3, 0.4) is 0 Å². The van der Waals surface area contributed by atoms with Crippen LogP contribution in [0.2, 0.25) is 0 Å². The first-order valence-corrected chi connectivity index (χ1v) is 6.76. The first kappa shape index (κ1) is 12.8. The number of para-hydroxylation sites is 2. The van der Waals surface area contributed by atoms with Crippen LogP contribution in [0.15, 0.2) is 59.5 Å². The van der Waals surface area contributed by atoms with Crippen LogP contribution < -0.4 is 4.74 Å². The molecule has 0 spiro atoms. The number of rotatable bonds is 0. The largest absolute Gasteiger partial charge is 0.508 e. The lowest BCUT2D eigenvalue weighted by molar-refractivity contribution is 0.307. The molecule has 2 nitrogen and oxygen atoms in total. The topological polar surface area (TPSA) is 29.5 Å². The molecule has 0 radical (unpaired) electrons. The van der Waals surface area contributed by atoms with Crippen molar-refractivity contribution in [3.63, 3.8) is 0 Å². The van der Waals surface area contributed by atoms with Crippen LogP contribution in [0.1, 0.15) is 6.92 Å². The zero-order valence-corrected chi connectivity index (χ0v) is 11.1. The fourth-order valence-electron chi connectivity index (χ4n) is 1.55. The molecule has 0 bridgehead atoms. The maximum absolute atomic E-state index is 8.63. The quantitative estimate of drug-likeness (QED) is 0.777. The lowest BCUT2D eigenvalue weighted by Crippen LogP contribution is -2.15. The Bertz CT molecular complexity index is 485. The monoisotopic (exact) mass is 260 g/mol. The van der Waals surface area contributed by atoms with Crippen molar-refractivity contribution in [1.82, 2.24) is 0 Å². The summed E-state index contributed by atoms with van der Waals surface area (Å²) < 4.78 is 5.51. The average Bonchev–Trinajstić information content (AvgIpc) is 2.40. The third kappa shape index (κ3) is 3.70. The highest BCUT2D eigenvalue weighted by Gasteiger charge is 2.15. The molecular formula is C15H16O2S. The Hall–Kier alpha value is -1.61. The highest BCUT2D eigenvalue weighted by molar-refractivity contribution is 8.00. The lowest BCUT2D eigenvalue weighted by Gasteiger charge is -2.21. The van der Waals surface area contributed by atoms with Crippen molar-refractivity contribution < 1.29 is 9.84 Å². The van der Waals surface area contributed by atoms with Crippen molar-refractivity contribution in [3.05, 3.63) is 54.6 Å². The molecule has 0 aliphatic carbocycles. The molecule has 2 aromatic carbocycles. The van der Waals surface area contributed by atoms with Gasteiger partial charge in [-0.05, 0) is 31.2 Å². The Morgan fingerprint density at radius 2 is 1.72 bits per heavy atom. The summed E-state index contributed by atoms with van der Waals surface area (Å²) in [7, 11) is 0. The average molecular weight is 260 g/mol. The van der Waals surface area contributed by atoms with Crippen LogP contribution in [0.5, 0.6) is 11.5 Å². The zero-order chi connectivity index (χ0) is 12.8. The summed E-state index contributed by atoms with van der Waals surface area (Å²) in [5.41, 5.74) is 0. The van der Waals surface area contributed by atoms with E-state index in [0.717, 1.165) is 12.4 Å². The molecule has 0 aromatic heterocycles. The number of thioether (sulfide) groups is 1. The number of fused-ring (bicyclic) bond motifs is 1. The number of ether oxygens (including phenoxy) is 1. The Labute approximate surface area is 112 Å². The predicted octanol–water partition coefficient (Wildman–Crippen LogP) is 3.95. The Morgan fingerprint density at radius 1 is 1.06 bits per heavy atom. The molecule has 18 heavy (non-hydrogen) atoms. The van der Waals surface area contributed by atoms with Gasteiger partial charge in [0.2, 0.25) is 0 Å². The number of phenolic OH excluding ortho intramolecular Hbond substituents is 1. The third-order valence-corrected chi connectivity index (χ3v) is 3.54. The minimum atomic E-state index is 0.322. The van der Waals surface area contributed by atoms with Gasteiger partial charge < -0.3 is 9.84 Å². The smallest absolute Gasteiger partial charge is 0.132 e. The zero-order valence-electron chi connectivity index (χ0n) is 10.2. The second kappa shape index (κ2) is 6.36. The van der Waals surface area contributed by atoms with Gasteiger partial charge in [0.25, 0.3) is 0 Å². The van der Waals surface area contributed by atoms with E-state index >= 15 is 0 Å². The summed E-state index contributed by atoms with van der Waals surface area (Å²) in [5.74, 6) is 1.36. The van der Waals surface area contributed by atoms with E-state index in [1.165, 1.54) is 4.90 Å². The van der Waals surface area contributed by atoms with Crippen LogP contribution in [0.4, 0.5) is 0 Å². The van der Waals surface area contributed by atoms with Crippen molar-refractivity contribution in [2.24, 2.45) is 0 Å². The molecule has 1 atom stereocenters. The summed E-state index contributed by atoms with van der Waals surface area (Å²) in [4.78, 5) is 1.27. The van der Waals surface area contributed by atoms with Gasteiger partial charge in [-0.1, -0.05) is 30.3 Å². The van der Waals surface area contributed by atoms with Gasteiger partial charge in [-0.2, -0.15) is 0 Å². The maximum atomic E-state index is 8.63. The number of hydrogen-bond acceptors (Lipinski definition) is 3. The highest BCUT2D eigenvalue weighted by atomic mass is 32.2. The Morgan fingerprint density at radius 3 is 2.39 bits per heavy atom. The second-order valence-corrected chi connectivity index (χ2v) is 5.50. The molecular weight excluding hydrogens is 244 g/mol. The summed E-state index contributed by atoms with van der Waals surface area (Å²) in [6.07, 6.45) is 0. The fourth-order valence-corrected chi connectivity index (χ4v) is 2.52. The predicted molar refractivity (Wildman–Crippen MR) is 75.4 cm³/mol. The van der Waals surface area contributed by atoms with E-state index in [-0.39, 0.29) is 0 Å². The lowest BCUT2D eigenvalue weighted by atomic mass is 10.3. The molecule has 2 aromatic rings. The van der Waals surface area contributed by atoms with Gasteiger partial charge in [-0.3, -0.25) is 0 Å². The minimum Gasteiger partial charge on any atom is -0.508 e. The van der Waals surface area contributed by atoms with Crippen LogP contribution >= 0.6 is 11.8 Å². The van der Waals surface area contributed by atoms with E-state index in [4.69, 9.17) is 9.84 Å². The molecule has 1 aliphatic heterocycles. The molecule has 1 unspecified atom stereocenters. The molecule has 0 amide bonds. The maximum Gasteiger partial charge on any atom is 0.132 e. The number of benzene rings is 2. The number of hydrogen-bond donors (Lipinski definition) is 1. The minimum absolute atomic E-state index is 0.322. The molecule has 0 saturated carbocycles. The highest BCUT2D eigenvalue weighted by Crippen LogP contribution is 2.35. The van der Waals surface area contributed by atoms with Crippen molar-refractivity contribution >= 4 is 11.8 Å². The number of aromatic hydroxyl groups is 1. The van der Waals surface area contributed by atoms with Gasteiger partial charge in [-0.15, -0.1) is 11.8 Å². The van der Waals surface area contributed by atoms with Crippen LogP contribution in [0.25, 0.3) is 0 Å². The van der Waals surface area contributed by atoms with Gasteiger partial charge >= 0.3 is 0 Å². The van der Waals surface area contributed by atoms with E-state index in [2.05, 4.69) is 13.0 Å². The second-order valence-electron chi connectivity index (χ2n) is 4.02. The summed E-state index contributed by atoms with van der Waals surface area (Å²) in [6, 6.07) is 16.9. The van der Waals surface area contributed by atoms with E-state index < -0.39 is 0 Å². The van der Waals surface area contributed by atoms with Crippen molar-refractivity contribution in [2.45, 2.75) is 17.1 Å². The molecule has 1 heterocycles. The van der Waals surface area contributed by atoms with Gasteiger partial charge in [0.1, 0.15) is 18.1 Å². The van der Waals surface area contributed by atoms with Crippen molar-refractivity contribution in [3.8, 4) is 11.5 Å². The SMILES string of the molecule is CC1COc2ccccc2S1.Oc1ccccc1. The van der Waals surface area contributed by atoms with Gasteiger partial charge in [0.05, 0.1) is 0 Å². The van der Waals surface area contributed by atoms with Crippen LogP contribution in [0, 0.1) is 0 Å². The summed E-state index contributed by atoms with van der Waals surface area (Å²) in [5, 5.41) is 9.22. The van der Waals surface area contributed by atoms with E-state index in [1.54, 1.807) is 24.3 Å². The molecule has 94 valence electrons. The molecule has 3 heteroatoms.